The highest BCUT2D eigenvalue weighted by Gasteiger charge is 2.14. The monoisotopic (exact) mass is 375 g/mol. The van der Waals surface area contributed by atoms with E-state index in [9.17, 15) is 0 Å². The molecule has 2 heterocycles. The van der Waals surface area contributed by atoms with Gasteiger partial charge in [0.05, 0.1) is 6.20 Å². The van der Waals surface area contributed by atoms with Gasteiger partial charge in [-0.25, -0.2) is 9.50 Å². The summed E-state index contributed by atoms with van der Waals surface area (Å²) in [5, 5.41) is 6.99. The first-order valence-corrected chi connectivity index (χ1v) is 9.70. The predicted octanol–water partition coefficient (Wildman–Crippen LogP) is 6.56. The molecule has 2 aromatic heterocycles. The summed E-state index contributed by atoms with van der Waals surface area (Å²) in [6, 6.07) is 21.2. The van der Waals surface area contributed by atoms with Crippen LogP contribution in [0.1, 0.15) is 18.1 Å². The largest absolute Gasteiger partial charge is 0.236 e. The van der Waals surface area contributed by atoms with Crippen LogP contribution in [0.15, 0.2) is 85.8 Å². The van der Waals surface area contributed by atoms with E-state index in [4.69, 9.17) is 4.98 Å². The van der Waals surface area contributed by atoms with Gasteiger partial charge in [0.2, 0.25) is 0 Å². The maximum absolute atomic E-state index is 4.76. The molecule has 140 valence electrons. The highest BCUT2D eigenvalue weighted by atomic mass is 15.2. The van der Waals surface area contributed by atoms with Crippen LogP contribution in [-0.4, -0.2) is 14.6 Å². The summed E-state index contributed by atoms with van der Waals surface area (Å²) in [5.74, 6) is 0. The Balaban J connectivity index is 1.68. The average Bonchev–Trinajstić information content (AvgIpc) is 3.16. The Morgan fingerprint density at radius 2 is 1.59 bits per heavy atom. The first-order valence-electron chi connectivity index (χ1n) is 9.70. The van der Waals surface area contributed by atoms with Crippen LogP contribution in [0.2, 0.25) is 0 Å². The maximum atomic E-state index is 4.76. The molecule has 5 rings (SSSR count). The zero-order valence-electron chi connectivity index (χ0n) is 16.6. The second-order valence-electron chi connectivity index (χ2n) is 7.52. The lowest BCUT2D eigenvalue weighted by atomic mass is 9.94. The van der Waals surface area contributed by atoms with E-state index < -0.39 is 0 Å². The van der Waals surface area contributed by atoms with Gasteiger partial charge < -0.3 is 0 Å². The molecule has 0 aliphatic carbocycles. The molecule has 0 amide bonds. The first-order chi connectivity index (χ1) is 14.1. The number of allylic oxidation sites excluding steroid dienone is 1. The third kappa shape index (κ3) is 2.92. The molecule has 3 nitrogen and oxygen atoms in total. The van der Waals surface area contributed by atoms with Crippen molar-refractivity contribution in [2.45, 2.75) is 13.8 Å². The number of hydrogen-bond acceptors (Lipinski definition) is 2. The van der Waals surface area contributed by atoms with Crippen molar-refractivity contribution < 1.29 is 0 Å². The molecular weight excluding hydrogens is 354 g/mol. The van der Waals surface area contributed by atoms with Crippen molar-refractivity contribution in [2.24, 2.45) is 0 Å². The van der Waals surface area contributed by atoms with Gasteiger partial charge in [-0.15, -0.1) is 0 Å². The molecule has 0 spiro atoms. The van der Waals surface area contributed by atoms with Crippen molar-refractivity contribution in [3.05, 3.63) is 97.0 Å². The lowest BCUT2D eigenvalue weighted by Gasteiger charge is -2.11. The number of benzene rings is 3. The fourth-order valence-corrected chi connectivity index (χ4v) is 3.87. The molecule has 5 aromatic rings. The van der Waals surface area contributed by atoms with E-state index in [0.717, 1.165) is 33.5 Å². The zero-order valence-corrected chi connectivity index (χ0v) is 16.6. The van der Waals surface area contributed by atoms with E-state index in [0.29, 0.717) is 0 Å². The SMILES string of the molecule is C=C(C)c1ccc(-c2cnn3cc(-c4ccc(C)cc4)cnc23)c2ccccc12. The van der Waals surface area contributed by atoms with Crippen LogP contribution in [0.5, 0.6) is 0 Å². The van der Waals surface area contributed by atoms with Crippen LogP contribution >= 0.6 is 0 Å². The Bertz CT molecular complexity index is 1370. The Morgan fingerprint density at radius 1 is 0.828 bits per heavy atom. The van der Waals surface area contributed by atoms with Gasteiger partial charge in [0.1, 0.15) is 0 Å². The summed E-state index contributed by atoms with van der Waals surface area (Å²) < 4.78 is 1.87. The van der Waals surface area contributed by atoms with Crippen LogP contribution in [0.4, 0.5) is 0 Å². The molecule has 3 heteroatoms. The van der Waals surface area contributed by atoms with Crippen LogP contribution in [-0.2, 0) is 0 Å². The highest BCUT2D eigenvalue weighted by Crippen LogP contribution is 2.35. The molecular formula is C26H21N3. The molecule has 0 N–H and O–H groups in total. The second kappa shape index (κ2) is 6.71. The van der Waals surface area contributed by atoms with Crippen molar-refractivity contribution in [3.63, 3.8) is 0 Å². The number of nitrogens with zero attached hydrogens (tertiary/aromatic N) is 3. The summed E-state index contributed by atoms with van der Waals surface area (Å²) in [6.45, 7) is 8.27. The predicted molar refractivity (Wildman–Crippen MR) is 121 cm³/mol. The summed E-state index contributed by atoms with van der Waals surface area (Å²) in [4.78, 5) is 4.76. The number of rotatable bonds is 3. The molecule has 3 aromatic carbocycles. The van der Waals surface area contributed by atoms with Crippen molar-refractivity contribution >= 4 is 22.0 Å². The number of hydrogen-bond donors (Lipinski definition) is 0. The topological polar surface area (TPSA) is 30.2 Å². The van der Waals surface area contributed by atoms with Gasteiger partial charge in [0.25, 0.3) is 0 Å². The van der Waals surface area contributed by atoms with Crippen molar-refractivity contribution in [3.8, 4) is 22.3 Å². The van der Waals surface area contributed by atoms with E-state index in [1.807, 2.05) is 30.0 Å². The average molecular weight is 375 g/mol. The Kier molecular flexibility index (Phi) is 4.02. The number of fused-ring (bicyclic) bond motifs is 2. The molecule has 0 aliphatic heterocycles. The molecule has 0 unspecified atom stereocenters. The Hall–Kier alpha value is -3.72. The van der Waals surface area contributed by atoms with E-state index in [1.165, 1.54) is 21.9 Å². The number of aromatic nitrogens is 3. The molecule has 0 saturated heterocycles. The van der Waals surface area contributed by atoms with Gasteiger partial charge in [0, 0.05) is 23.5 Å². The summed E-state index contributed by atoms with van der Waals surface area (Å²) in [5.41, 5.74) is 8.70. The molecule has 29 heavy (non-hydrogen) atoms. The fourth-order valence-electron chi connectivity index (χ4n) is 3.87. The van der Waals surface area contributed by atoms with Gasteiger partial charge in [-0.2, -0.15) is 5.10 Å². The normalized spacial score (nSPS) is 11.2. The second-order valence-corrected chi connectivity index (χ2v) is 7.52. The fraction of sp³-hybridized carbons (Fsp3) is 0.0769. The molecule has 0 bridgehead atoms. The van der Waals surface area contributed by atoms with Gasteiger partial charge in [0.15, 0.2) is 5.65 Å². The van der Waals surface area contributed by atoms with Gasteiger partial charge >= 0.3 is 0 Å². The van der Waals surface area contributed by atoms with Gasteiger partial charge in [-0.3, -0.25) is 0 Å². The van der Waals surface area contributed by atoms with Gasteiger partial charge in [-0.1, -0.05) is 78.4 Å². The minimum absolute atomic E-state index is 0.856. The highest BCUT2D eigenvalue weighted by molar-refractivity contribution is 6.04. The summed E-state index contributed by atoms with van der Waals surface area (Å²) in [6.07, 6.45) is 5.88. The minimum Gasteiger partial charge on any atom is -0.236 e. The molecule has 0 radical (unpaired) electrons. The van der Waals surface area contributed by atoms with Crippen LogP contribution in [0.25, 0.3) is 44.2 Å². The van der Waals surface area contributed by atoms with E-state index in [1.54, 1.807) is 0 Å². The third-order valence-electron chi connectivity index (χ3n) is 5.42. The lowest BCUT2D eigenvalue weighted by Crippen LogP contribution is -1.92. The van der Waals surface area contributed by atoms with Crippen LogP contribution < -0.4 is 0 Å². The smallest absolute Gasteiger partial charge is 0.162 e. The van der Waals surface area contributed by atoms with Crippen molar-refractivity contribution in [1.82, 2.24) is 14.6 Å². The standard InChI is InChI=1S/C26H21N3/c1-17(2)21-12-13-24(23-7-5-4-6-22(21)23)25-15-28-29-16-20(14-27-26(25)29)19-10-8-18(3)9-11-19/h4-16H,1H2,2-3H3. The molecule has 0 aliphatic rings. The minimum atomic E-state index is 0.856. The molecule has 0 saturated carbocycles. The lowest BCUT2D eigenvalue weighted by molar-refractivity contribution is 0.941. The van der Waals surface area contributed by atoms with Crippen molar-refractivity contribution in [2.75, 3.05) is 0 Å². The summed E-state index contributed by atoms with van der Waals surface area (Å²) in [7, 11) is 0. The van der Waals surface area contributed by atoms with E-state index in [-0.39, 0.29) is 0 Å². The number of aryl methyl sites for hydroxylation is 1. The molecule has 0 fully saturated rings. The third-order valence-corrected chi connectivity index (χ3v) is 5.42. The van der Waals surface area contributed by atoms with Crippen LogP contribution in [0.3, 0.4) is 0 Å². The summed E-state index contributed by atoms with van der Waals surface area (Å²) >= 11 is 0. The maximum Gasteiger partial charge on any atom is 0.162 e. The Labute approximate surface area is 170 Å². The Morgan fingerprint density at radius 3 is 2.34 bits per heavy atom. The molecule has 0 atom stereocenters. The van der Waals surface area contributed by atoms with Crippen molar-refractivity contribution in [1.29, 1.82) is 0 Å². The van der Waals surface area contributed by atoms with Gasteiger partial charge in [-0.05, 0) is 41.3 Å². The zero-order chi connectivity index (χ0) is 20.0. The quantitative estimate of drug-likeness (QED) is 0.357. The van der Waals surface area contributed by atoms with Crippen LogP contribution in [0, 0.1) is 6.92 Å². The van der Waals surface area contributed by atoms with E-state index >= 15 is 0 Å². The first kappa shape index (κ1) is 17.4. The van der Waals surface area contributed by atoms with E-state index in [2.05, 4.69) is 79.3 Å².